The number of benzene rings is 1. The highest BCUT2D eigenvalue weighted by atomic mass is 35.5. The highest BCUT2D eigenvalue weighted by molar-refractivity contribution is 6.30. The fraction of sp³-hybridized carbons (Fsp3) is 0.231. The molecule has 2 amide bonds. The van der Waals surface area contributed by atoms with Crippen LogP contribution in [0.1, 0.15) is 10.4 Å². The molecule has 6 heteroatoms. The van der Waals surface area contributed by atoms with Crippen molar-refractivity contribution >= 4 is 23.6 Å². The molecule has 0 aliphatic rings. The molecule has 0 aliphatic heterocycles. The van der Waals surface area contributed by atoms with E-state index in [1.165, 1.54) is 6.08 Å². The summed E-state index contributed by atoms with van der Waals surface area (Å²) >= 11 is 5.78. The topological polar surface area (TPSA) is 67.4 Å². The second-order valence-corrected chi connectivity index (χ2v) is 4.02. The Morgan fingerprint density at radius 3 is 2.74 bits per heavy atom. The van der Waals surface area contributed by atoms with Crippen molar-refractivity contribution in [2.24, 2.45) is 0 Å². The zero-order chi connectivity index (χ0) is 14.1. The van der Waals surface area contributed by atoms with Gasteiger partial charge < -0.3 is 15.4 Å². The molecule has 0 spiro atoms. The number of hydrogen-bond acceptors (Lipinski definition) is 3. The molecule has 0 radical (unpaired) electrons. The first kappa shape index (κ1) is 15.0. The summed E-state index contributed by atoms with van der Waals surface area (Å²) in [4.78, 5) is 22.7. The Morgan fingerprint density at radius 2 is 2.05 bits per heavy atom. The molecule has 0 unspecified atom stereocenters. The molecule has 0 fully saturated rings. The molecular weight excluding hydrogens is 268 g/mol. The van der Waals surface area contributed by atoms with Crippen LogP contribution < -0.4 is 10.6 Å². The molecule has 0 heterocycles. The Kier molecular flexibility index (Phi) is 6.46. The third kappa shape index (κ3) is 5.92. The van der Waals surface area contributed by atoms with Crippen LogP contribution in [0.2, 0.25) is 5.02 Å². The molecule has 0 saturated heterocycles. The largest absolute Gasteiger partial charge is 0.445 e. The number of rotatable bonds is 6. The Bertz CT molecular complexity index is 463. The highest BCUT2D eigenvalue weighted by Gasteiger charge is 2.05. The molecule has 2 N–H and O–H groups in total. The Balaban J connectivity index is 2.24. The zero-order valence-corrected chi connectivity index (χ0v) is 11.1. The maximum Gasteiger partial charge on any atom is 0.407 e. The van der Waals surface area contributed by atoms with E-state index >= 15 is 0 Å². The zero-order valence-electron chi connectivity index (χ0n) is 10.3. The molecular formula is C13H15ClN2O3. The number of hydrogen-bond donors (Lipinski definition) is 2. The summed E-state index contributed by atoms with van der Waals surface area (Å²) in [6.07, 6.45) is 0.928. The fourth-order valence-corrected chi connectivity index (χ4v) is 1.45. The van der Waals surface area contributed by atoms with Crippen molar-refractivity contribution in [1.29, 1.82) is 0 Å². The van der Waals surface area contributed by atoms with Gasteiger partial charge in [0, 0.05) is 23.7 Å². The van der Waals surface area contributed by atoms with Crippen LogP contribution in [0, 0.1) is 0 Å². The van der Waals surface area contributed by atoms with Gasteiger partial charge in [-0.1, -0.05) is 30.3 Å². The number of alkyl carbamates (subject to hydrolysis) is 1. The quantitative estimate of drug-likeness (QED) is 0.619. The van der Waals surface area contributed by atoms with E-state index < -0.39 is 6.09 Å². The van der Waals surface area contributed by atoms with Crippen molar-refractivity contribution in [3.05, 3.63) is 47.5 Å². The summed E-state index contributed by atoms with van der Waals surface area (Å²) in [5.74, 6) is -0.247. The van der Waals surface area contributed by atoms with E-state index in [1.807, 2.05) is 0 Å². The van der Waals surface area contributed by atoms with E-state index in [-0.39, 0.29) is 19.1 Å². The highest BCUT2D eigenvalue weighted by Crippen LogP contribution is 2.10. The lowest BCUT2D eigenvalue weighted by Gasteiger charge is -2.07. The van der Waals surface area contributed by atoms with Crippen LogP contribution >= 0.6 is 11.6 Å². The lowest BCUT2D eigenvalue weighted by molar-refractivity contribution is 0.0952. The molecule has 1 rings (SSSR count). The van der Waals surface area contributed by atoms with Gasteiger partial charge in [-0.25, -0.2) is 4.79 Å². The van der Waals surface area contributed by atoms with Crippen molar-refractivity contribution in [2.75, 3.05) is 19.7 Å². The summed E-state index contributed by atoms with van der Waals surface area (Å²) in [5, 5.41) is 5.63. The van der Waals surface area contributed by atoms with Crippen LogP contribution in [0.3, 0.4) is 0 Å². The first-order valence-corrected chi connectivity index (χ1v) is 6.06. The predicted octanol–water partition coefficient (Wildman–Crippen LogP) is 1.98. The average molecular weight is 283 g/mol. The van der Waals surface area contributed by atoms with Gasteiger partial charge in [0.25, 0.3) is 5.91 Å². The minimum absolute atomic E-state index is 0.153. The van der Waals surface area contributed by atoms with E-state index in [2.05, 4.69) is 17.2 Å². The molecule has 5 nitrogen and oxygen atoms in total. The minimum atomic E-state index is -0.545. The van der Waals surface area contributed by atoms with Crippen LogP contribution in [-0.4, -0.2) is 31.7 Å². The van der Waals surface area contributed by atoms with Crippen LogP contribution in [0.15, 0.2) is 36.9 Å². The fourth-order valence-electron chi connectivity index (χ4n) is 1.26. The van der Waals surface area contributed by atoms with Crippen molar-refractivity contribution < 1.29 is 14.3 Å². The smallest absolute Gasteiger partial charge is 0.407 e. The Labute approximate surface area is 116 Å². The van der Waals surface area contributed by atoms with Gasteiger partial charge in [-0.05, 0) is 18.2 Å². The Morgan fingerprint density at radius 1 is 1.32 bits per heavy atom. The third-order valence-electron chi connectivity index (χ3n) is 2.10. The number of carbonyl (C=O) groups is 2. The van der Waals surface area contributed by atoms with Crippen LogP contribution in [0.4, 0.5) is 4.79 Å². The number of amides is 2. The molecule has 0 aromatic heterocycles. The first-order chi connectivity index (χ1) is 9.13. The van der Waals surface area contributed by atoms with Crippen molar-refractivity contribution in [1.82, 2.24) is 10.6 Å². The van der Waals surface area contributed by atoms with Crippen molar-refractivity contribution in [3.63, 3.8) is 0 Å². The lowest BCUT2D eigenvalue weighted by Crippen LogP contribution is -2.35. The van der Waals surface area contributed by atoms with Gasteiger partial charge in [0.2, 0.25) is 0 Å². The van der Waals surface area contributed by atoms with E-state index in [0.717, 1.165) is 0 Å². The molecule has 0 saturated carbocycles. The molecule has 1 aromatic rings. The van der Waals surface area contributed by atoms with E-state index in [4.69, 9.17) is 16.3 Å². The number of halogens is 1. The van der Waals surface area contributed by atoms with Gasteiger partial charge in [0.1, 0.15) is 6.61 Å². The maximum absolute atomic E-state index is 11.7. The van der Waals surface area contributed by atoms with E-state index in [9.17, 15) is 9.59 Å². The van der Waals surface area contributed by atoms with E-state index in [1.54, 1.807) is 24.3 Å². The molecule has 19 heavy (non-hydrogen) atoms. The normalized spacial score (nSPS) is 9.53. The van der Waals surface area contributed by atoms with Gasteiger partial charge in [-0.15, -0.1) is 0 Å². The summed E-state index contributed by atoms with van der Waals surface area (Å²) in [7, 11) is 0. The van der Waals surface area contributed by atoms with Gasteiger partial charge in [0.05, 0.1) is 0 Å². The summed E-state index contributed by atoms with van der Waals surface area (Å²) in [6.45, 7) is 4.15. The first-order valence-electron chi connectivity index (χ1n) is 5.69. The van der Waals surface area contributed by atoms with Crippen molar-refractivity contribution in [2.45, 2.75) is 0 Å². The summed E-state index contributed by atoms with van der Waals surface area (Å²) < 4.78 is 4.70. The second kappa shape index (κ2) is 8.16. The van der Waals surface area contributed by atoms with Crippen LogP contribution in [0.5, 0.6) is 0 Å². The molecule has 0 bridgehead atoms. The van der Waals surface area contributed by atoms with Crippen LogP contribution in [-0.2, 0) is 4.74 Å². The predicted molar refractivity (Wildman–Crippen MR) is 73.3 cm³/mol. The van der Waals surface area contributed by atoms with Gasteiger partial charge in [0.15, 0.2) is 0 Å². The third-order valence-corrected chi connectivity index (χ3v) is 2.33. The van der Waals surface area contributed by atoms with Gasteiger partial charge in [-0.3, -0.25) is 4.79 Å². The standard InChI is InChI=1S/C13H15ClN2O3/c1-2-8-19-13(18)16-7-6-15-12(17)10-4-3-5-11(14)9-10/h2-5,9H,1,6-8H2,(H,15,17)(H,16,18). The SMILES string of the molecule is C=CCOC(=O)NCCNC(=O)c1cccc(Cl)c1. The monoisotopic (exact) mass is 282 g/mol. The molecule has 102 valence electrons. The number of ether oxygens (including phenoxy) is 1. The van der Waals surface area contributed by atoms with Crippen molar-refractivity contribution in [3.8, 4) is 0 Å². The lowest BCUT2D eigenvalue weighted by atomic mass is 10.2. The van der Waals surface area contributed by atoms with Crippen LogP contribution in [0.25, 0.3) is 0 Å². The molecule has 0 aliphatic carbocycles. The van der Waals surface area contributed by atoms with Gasteiger partial charge in [-0.2, -0.15) is 0 Å². The van der Waals surface area contributed by atoms with E-state index in [0.29, 0.717) is 17.1 Å². The molecule has 0 atom stereocenters. The minimum Gasteiger partial charge on any atom is -0.445 e. The summed E-state index contributed by atoms with van der Waals surface area (Å²) in [5.41, 5.74) is 0.474. The Hall–Kier alpha value is -2.01. The number of nitrogens with one attached hydrogen (secondary N) is 2. The molecule has 1 aromatic carbocycles. The maximum atomic E-state index is 11.7. The average Bonchev–Trinajstić information content (AvgIpc) is 2.41. The summed E-state index contributed by atoms with van der Waals surface area (Å²) in [6, 6.07) is 6.62. The van der Waals surface area contributed by atoms with Gasteiger partial charge >= 0.3 is 6.09 Å². The number of carbonyl (C=O) groups excluding carboxylic acids is 2. The second-order valence-electron chi connectivity index (χ2n) is 3.58.